The summed E-state index contributed by atoms with van der Waals surface area (Å²) >= 11 is 5.92. The summed E-state index contributed by atoms with van der Waals surface area (Å²) < 4.78 is 9.74. The number of hydrogen-bond donors (Lipinski definition) is 2. The first-order valence-corrected chi connectivity index (χ1v) is 7.82. The number of ether oxygens (including phenoxy) is 1. The van der Waals surface area contributed by atoms with E-state index in [4.69, 9.17) is 22.1 Å². The third kappa shape index (κ3) is 3.98. The van der Waals surface area contributed by atoms with Crippen LogP contribution in [0.25, 0.3) is 0 Å². The van der Waals surface area contributed by atoms with Crippen LogP contribution in [-0.4, -0.2) is 29.2 Å². The van der Waals surface area contributed by atoms with Crippen LogP contribution in [0.2, 0.25) is 5.02 Å². The Morgan fingerprint density at radius 1 is 1.23 bits per heavy atom. The van der Waals surface area contributed by atoms with Crippen LogP contribution in [0.3, 0.4) is 0 Å². The van der Waals surface area contributed by atoms with Gasteiger partial charge in [0.2, 0.25) is 5.82 Å². The second-order valence-corrected chi connectivity index (χ2v) is 5.56. The summed E-state index contributed by atoms with van der Waals surface area (Å²) in [5.74, 6) is 0.330. The molecule has 0 aliphatic heterocycles. The monoisotopic (exact) mass is 371 g/mol. The number of amidine groups is 1. The van der Waals surface area contributed by atoms with E-state index in [2.05, 4.69) is 25.3 Å². The number of amides is 1. The van der Waals surface area contributed by atoms with Crippen LogP contribution in [0, 0.1) is 0 Å². The third-order valence-electron chi connectivity index (χ3n) is 3.37. The minimum Gasteiger partial charge on any atom is -0.497 e. The molecule has 0 aliphatic rings. The molecule has 0 saturated heterocycles. The molecule has 1 amide bonds. The number of carbonyl (C=O) groups is 1. The van der Waals surface area contributed by atoms with Gasteiger partial charge in [0, 0.05) is 10.6 Å². The average Bonchev–Trinajstić information content (AvgIpc) is 3.10. The first-order valence-electron chi connectivity index (χ1n) is 7.45. The number of rotatable bonds is 5. The lowest BCUT2D eigenvalue weighted by molar-refractivity contribution is 0.102. The molecular weight excluding hydrogens is 358 g/mol. The molecule has 9 heteroatoms. The molecule has 8 nitrogen and oxygen atoms in total. The van der Waals surface area contributed by atoms with Gasteiger partial charge >= 0.3 is 0 Å². The third-order valence-corrected chi connectivity index (χ3v) is 3.61. The fourth-order valence-corrected chi connectivity index (χ4v) is 2.28. The molecule has 0 bridgehead atoms. The standard InChI is InChI=1S/C17H14ClN5O3/c1-25-13-7-5-10(6-8-13)17(24)21-16-14(22-26-23-16)15(19)20-12-4-2-3-11(18)9-12/h2-9H,1H3,(H2,19,20)(H,21,23,24). The van der Waals surface area contributed by atoms with Crippen molar-refractivity contribution in [2.45, 2.75) is 0 Å². The molecule has 1 aromatic heterocycles. The Labute approximate surface area is 153 Å². The zero-order valence-corrected chi connectivity index (χ0v) is 14.4. The zero-order chi connectivity index (χ0) is 18.5. The van der Waals surface area contributed by atoms with Crippen LogP contribution in [0.1, 0.15) is 16.1 Å². The van der Waals surface area contributed by atoms with Gasteiger partial charge in [-0.1, -0.05) is 17.7 Å². The lowest BCUT2D eigenvalue weighted by Crippen LogP contribution is -2.19. The van der Waals surface area contributed by atoms with Gasteiger partial charge < -0.3 is 15.8 Å². The van der Waals surface area contributed by atoms with Crippen molar-refractivity contribution in [1.29, 1.82) is 0 Å². The van der Waals surface area contributed by atoms with Crippen molar-refractivity contribution in [3.8, 4) is 5.75 Å². The maximum absolute atomic E-state index is 12.3. The number of benzene rings is 2. The predicted molar refractivity (Wildman–Crippen MR) is 97.1 cm³/mol. The highest BCUT2D eigenvalue weighted by molar-refractivity contribution is 6.30. The van der Waals surface area contributed by atoms with E-state index < -0.39 is 5.91 Å². The van der Waals surface area contributed by atoms with Crippen molar-refractivity contribution in [3.05, 3.63) is 64.8 Å². The molecule has 0 fully saturated rings. The fraction of sp³-hybridized carbons (Fsp3) is 0.0588. The summed E-state index contributed by atoms with van der Waals surface area (Å²) in [5.41, 5.74) is 7.01. The molecule has 1 heterocycles. The molecule has 0 atom stereocenters. The predicted octanol–water partition coefficient (Wildman–Crippen LogP) is 3.02. The Morgan fingerprint density at radius 3 is 2.69 bits per heavy atom. The average molecular weight is 372 g/mol. The second kappa shape index (κ2) is 7.66. The van der Waals surface area contributed by atoms with E-state index in [1.165, 1.54) is 0 Å². The first kappa shape index (κ1) is 17.4. The maximum atomic E-state index is 12.3. The summed E-state index contributed by atoms with van der Waals surface area (Å²) in [6.07, 6.45) is 0. The topological polar surface area (TPSA) is 116 Å². The molecule has 3 rings (SSSR count). The Morgan fingerprint density at radius 2 is 2.00 bits per heavy atom. The number of aromatic nitrogens is 2. The molecule has 26 heavy (non-hydrogen) atoms. The zero-order valence-electron chi connectivity index (χ0n) is 13.6. The molecular formula is C17H14ClN5O3. The van der Waals surface area contributed by atoms with Gasteiger partial charge in [0.15, 0.2) is 11.5 Å². The SMILES string of the molecule is COc1ccc(C(=O)Nc2nonc2C(N)=Nc2cccc(Cl)c2)cc1. The Hall–Kier alpha value is -3.39. The van der Waals surface area contributed by atoms with Gasteiger partial charge in [-0.2, -0.15) is 0 Å². The normalized spacial score (nSPS) is 11.2. The largest absolute Gasteiger partial charge is 0.497 e. The summed E-state index contributed by atoms with van der Waals surface area (Å²) in [4.78, 5) is 16.5. The summed E-state index contributed by atoms with van der Waals surface area (Å²) in [5, 5.41) is 10.5. The van der Waals surface area contributed by atoms with E-state index in [0.717, 1.165) is 0 Å². The number of nitrogens with two attached hydrogens (primary N) is 1. The minimum absolute atomic E-state index is 0.0264. The number of aliphatic imine (C=N–C) groups is 1. The highest BCUT2D eigenvalue weighted by Gasteiger charge is 2.17. The Balaban J connectivity index is 1.80. The Kier molecular flexibility index (Phi) is 5.14. The first-order chi connectivity index (χ1) is 12.6. The highest BCUT2D eigenvalue weighted by Crippen LogP contribution is 2.20. The van der Waals surface area contributed by atoms with Crippen molar-refractivity contribution in [3.63, 3.8) is 0 Å². The maximum Gasteiger partial charge on any atom is 0.256 e. The number of hydrogen-bond acceptors (Lipinski definition) is 6. The molecule has 0 aliphatic carbocycles. The van der Waals surface area contributed by atoms with Crippen LogP contribution in [0.4, 0.5) is 11.5 Å². The molecule has 0 unspecified atom stereocenters. The van der Waals surface area contributed by atoms with Crippen LogP contribution in [-0.2, 0) is 0 Å². The molecule has 0 spiro atoms. The van der Waals surface area contributed by atoms with E-state index in [1.807, 2.05) is 0 Å². The quantitative estimate of drug-likeness (QED) is 0.526. The van der Waals surface area contributed by atoms with E-state index in [-0.39, 0.29) is 17.3 Å². The number of anilines is 1. The molecule has 0 saturated carbocycles. The van der Waals surface area contributed by atoms with Gasteiger partial charge in [-0.05, 0) is 52.8 Å². The molecule has 3 N–H and O–H groups in total. The van der Waals surface area contributed by atoms with Crippen LogP contribution in [0.15, 0.2) is 58.2 Å². The Bertz CT molecular complexity index is 953. The van der Waals surface area contributed by atoms with E-state index >= 15 is 0 Å². The number of nitrogens with one attached hydrogen (secondary N) is 1. The summed E-state index contributed by atoms with van der Waals surface area (Å²) in [6, 6.07) is 13.4. The van der Waals surface area contributed by atoms with Crippen molar-refractivity contribution in [2.75, 3.05) is 12.4 Å². The minimum atomic E-state index is -0.403. The van der Waals surface area contributed by atoms with Gasteiger partial charge in [0.25, 0.3) is 5.91 Å². The van der Waals surface area contributed by atoms with E-state index in [9.17, 15) is 4.79 Å². The number of methoxy groups -OCH3 is 1. The number of nitrogens with zero attached hydrogens (tertiary/aromatic N) is 3. The molecule has 0 radical (unpaired) electrons. The van der Waals surface area contributed by atoms with Gasteiger partial charge in [-0.25, -0.2) is 9.62 Å². The van der Waals surface area contributed by atoms with Gasteiger partial charge in [-0.3, -0.25) is 4.79 Å². The number of carbonyl (C=O) groups excluding carboxylic acids is 1. The smallest absolute Gasteiger partial charge is 0.256 e. The van der Waals surface area contributed by atoms with Gasteiger partial charge in [0.1, 0.15) is 5.75 Å². The van der Waals surface area contributed by atoms with Crippen LogP contribution in [0.5, 0.6) is 5.75 Å². The van der Waals surface area contributed by atoms with Crippen LogP contribution >= 0.6 is 11.6 Å². The molecule has 132 valence electrons. The summed E-state index contributed by atoms with van der Waals surface area (Å²) in [7, 11) is 1.55. The molecule has 2 aromatic carbocycles. The van der Waals surface area contributed by atoms with Crippen molar-refractivity contribution < 1.29 is 14.2 Å². The lowest BCUT2D eigenvalue weighted by Gasteiger charge is -2.04. The van der Waals surface area contributed by atoms with Gasteiger partial charge in [-0.15, -0.1) is 0 Å². The fourth-order valence-electron chi connectivity index (χ4n) is 2.10. The van der Waals surface area contributed by atoms with Crippen molar-refractivity contribution >= 4 is 34.8 Å². The van der Waals surface area contributed by atoms with Crippen molar-refractivity contribution in [2.24, 2.45) is 10.7 Å². The highest BCUT2D eigenvalue weighted by atomic mass is 35.5. The van der Waals surface area contributed by atoms with Crippen LogP contribution < -0.4 is 15.8 Å². The van der Waals surface area contributed by atoms with E-state index in [1.54, 1.807) is 55.6 Å². The molecule has 3 aromatic rings. The van der Waals surface area contributed by atoms with Gasteiger partial charge in [0.05, 0.1) is 12.8 Å². The lowest BCUT2D eigenvalue weighted by atomic mass is 10.2. The number of halogens is 1. The van der Waals surface area contributed by atoms with E-state index in [0.29, 0.717) is 22.0 Å². The summed E-state index contributed by atoms with van der Waals surface area (Å²) in [6.45, 7) is 0. The van der Waals surface area contributed by atoms with Crippen molar-refractivity contribution in [1.82, 2.24) is 10.3 Å². The second-order valence-electron chi connectivity index (χ2n) is 5.12.